The molecule has 0 fully saturated rings. The topological polar surface area (TPSA) is 21.3 Å². The van der Waals surface area contributed by atoms with E-state index in [0.29, 0.717) is 15.8 Å². The summed E-state index contributed by atoms with van der Waals surface area (Å²) < 4.78 is 20.6. The van der Waals surface area contributed by atoms with E-state index < -0.39 is 0 Å². The van der Waals surface area contributed by atoms with Crippen LogP contribution in [0.15, 0.2) is 10.5 Å². The van der Waals surface area contributed by atoms with Crippen LogP contribution in [0.5, 0.6) is 5.75 Å². The Hall–Kier alpha value is -0.320. The molecule has 2 nitrogen and oxygen atoms in total. The lowest BCUT2D eigenvalue weighted by Crippen LogP contribution is -2.30. The number of likely N-dealkylation sites (N-methyl/N-ethyl adjacent to an activating group) is 1. The van der Waals surface area contributed by atoms with Gasteiger partial charge in [0, 0.05) is 0 Å². The van der Waals surface area contributed by atoms with E-state index in [1.807, 2.05) is 13.8 Å². The zero-order valence-corrected chi connectivity index (χ0v) is 12.0. The molecule has 0 aliphatic carbocycles. The van der Waals surface area contributed by atoms with Crippen molar-refractivity contribution in [1.82, 2.24) is 5.32 Å². The van der Waals surface area contributed by atoms with Gasteiger partial charge in [0.15, 0.2) is 0 Å². The fraction of sp³-hybridized carbons (Fsp3) is 0.500. The number of rotatable bonds is 3. The third-order valence-electron chi connectivity index (χ3n) is 2.94. The number of hydrogen-bond donors (Lipinski definition) is 1. The van der Waals surface area contributed by atoms with Crippen LogP contribution < -0.4 is 10.1 Å². The predicted molar refractivity (Wildman–Crippen MR) is 70.2 cm³/mol. The summed E-state index contributed by atoms with van der Waals surface area (Å²) in [6.07, 6.45) is 0.768. The summed E-state index contributed by atoms with van der Waals surface area (Å²) in [7, 11) is 0. The van der Waals surface area contributed by atoms with Gasteiger partial charge in [-0.25, -0.2) is 4.39 Å². The van der Waals surface area contributed by atoms with Crippen LogP contribution >= 0.6 is 27.5 Å². The monoisotopic (exact) mass is 321 g/mol. The molecule has 0 radical (unpaired) electrons. The summed E-state index contributed by atoms with van der Waals surface area (Å²) in [6, 6.07) is 1.41. The van der Waals surface area contributed by atoms with Gasteiger partial charge in [-0.05, 0) is 35.0 Å². The van der Waals surface area contributed by atoms with Gasteiger partial charge in [-0.15, -0.1) is 0 Å². The third kappa shape index (κ3) is 2.18. The molecule has 1 aliphatic heterocycles. The Morgan fingerprint density at radius 2 is 2.24 bits per heavy atom. The Kier molecular flexibility index (Phi) is 3.95. The summed E-state index contributed by atoms with van der Waals surface area (Å²) in [6.45, 7) is 4.77. The van der Waals surface area contributed by atoms with E-state index in [9.17, 15) is 4.39 Å². The highest BCUT2D eigenvalue weighted by atomic mass is 79.9. The molecule has 17 heavy (non-hydrogen) atoms. The minimum absolute atomic E-state index is 0.0470. The molecule has 1 aromatic carbocycles. The maximum absolute atomic E-state index is 14.1. The second-order valence-electron chi connectivity index (χ2n) is 4.00. The summed E-state index contributed by atoms with van der Waals surface area (Å²) in [4.78, 5) is 0. The fourth-order valence-corrected chi connectivity index (χ4v) is 3.05. The largest absolute Gasteiger partial charge is 0.487 e. The van der Waals surface area contributed by atoms with Crippen LogP contribution in [0.2, 0.25) is 5.02 Å². The van der Waals surface area contributed by atoms with Gasteiger partial charge >= 0.3 is 0 Å². The molecule has 2 unspecified atom stereocenters. The molecule has 1 aliphatic rings. The van der Waals surface area contributed by atoms with Crippen molar-refractivity contribution in [3.05, 3.63) is 26.9 Å². The van der Waals surface area contributed by atoms with Gasteiger partial charge in [0.25, 0.3) is 0 Å². The Labute approximate surface area is 114 Å². The molecule has 0 saturated heterocycles. The SMILES string of the molecule is CCNC1c2c(F)c(Cl)cc(Br)c2OC1CC. The maximum atomic E-state index is 14.1. The second kappa shape index (κ2) is 5.12. The van der Waals surface area contributed by atoms with Crippen molar-refractivity contribution in [2.75, 3.05) is 6.54 Å². The highest BCUT2D eigenvalue weighted by Gasteiger charge is 2.37. The minimum Gasteiger partial charge on any atom is -0.487 e. The van der Waals surface area contributed by atoms with Crippen LogP contribution in [0.25, 0.3) is 0 Å². The quantitative estimate of drug-likeness (QED) is 0.847. The number of hydrogen-bond acceptors (Lipinski definition) is 2. The molecular formula is C12H14BrClFNO. The van der Waals surface area contributed by atoms with E-state index in [1.54, 1.807) is 0 Å². The van der Waals surface area contributed by atoms with Crippen LogP contribution in [-0.2, 0) is 0 Å². The van der Waals surface area contributed by atoms with Gasteiger partial charge in [-0.3, -0.25) is 0 Å². The van der Waals surface area contributed by atoms with Crippen molar-refractivity contribution in [3.8, 4) is 5.75 Å². The number of fused-ring (bicyclic) bond motifs is 1. The van der Waals surface area contributed by atoms with Crippen LogP contribution in [0.3, 0.4) is 0 Å². The molecule has 1 heterocycles. The molecule has 0 spiro atoms. The number of ether oxygens (including phenoxy) is 1. The zero-order chi connectivity index (χ0) is 12.6. The predicted octanol–water partition coefficient (Wildman–Crippen LogP) is 4.06. The molecule has 2 rings (SSSR count). The van der Waals surface area contributed by atoms with Crippen molar-refractivity contribution in [3.63, 3.8) is 0 Å². The molecule has 94 valence electrons. The molecular weight excluding hydrogens is 308 g/mol. The normalized spacial score (nSPS) is 22.4. The van der Waals surface area contributed by atoms with Gasteiger partial charge in [-0.1, -0.05) is 25.4 Å². The molecule has 1 aromatic rings. The molecule has 0 saturated carbocycles. The first kappa shape index (κ1) is 13.1. The fourth-order valence-electron chi connectivity index (χ4n) is 2.17. The van der Waals surface area contributed by atoms with E-state index in [0.717, 1.165) is 13.0 Å². The zero-order valence-electron chi connectivity index (χ0n) is 9.69. The number of nitrogens with one attached hydrogen (secondary N) is 1. The molecule has 0 aromatic heterocycles. The molecule has 1 N–H and O–H groups in total. The Morgan fingerprint density at radius 3 is 2.82 bits per heavy atom. The highest BCUT2D eigenvalue weighted by Crippen LogP contribution is 2.46. The minimum atomic E-state index is -0.383. The lowest BCUT2D eigenvalue weighted by atomic mass is 10.0. The molecule has 0 amide bonds. The summed E-state index contributed by atoms with van der Waals surface area (Å²) in [5.41, 5.74) is 0.540. The smallest absolute Gasteiger partial charge is 0.150 e. The summed E-state index contributed by atoms with van der Waals surface area (Å²) in [5, 5.41) is 3.38. The first-order valence-electron chi connectivity index (χ1n) is 5.67. The first-order chi connectivity index (χ1) is 8.10. The van der Waals surface area contributed by atoms with Gasteiger partial charge in [0.1, 0.15) is 17.7 Å². The van der Waals surface area contributed by atoms with Crippen molar-refractivity contribution < 1.29 is 9.13 Å². The average molecular weight is 323 g/mol. The Bertz CT molecular complexity index is 441. The van der Waals surface area contributed by atoms with Crippen molar-refractivity contribution >= 4 is 27.5 Å². The number of benzene rings is 1. The average Bonchev–Trinajstić information content (AvgIpc) is 2.66. The van der Waals surface area contributed by atoms with E-state index >= 15 is 0 Å². The van der Waals surface area contributed by atoms with Gasteiger partial charge in [0.2, 0.25) is 0 Å². The van der Waals surface area contributed by atoms with Crippen molar-refractivity contribution in [2.24, 2.45) is 0 Å². The van der Waals surface area contributed by atoms with Gasteiger partial charge in [0.05, 0.1) is 21.1 Å². The van der Waals surface area contributed by atoms with Crippen LogP contribution in [-0.4, -0.2) is 12.6 Å². The summed E-state index contributed by atoms with van der Waals surface area (Å²) >= 11 is 9.23. The van der Waals surface area contributed by atoms with E-state index in [4.69, 9.17) is 16.3 Å². The van der Waals surface area contributed by atoms with Crippen LogP contribution in [0.4, 0.5) is 4.39 Å². The Balaban J connectivity index is 2.52. The van der Waals surface area contributed by atoms with Crippen LogP contribution in [0, 0.1) is 5.82 Å². The second-order valence-corrected chi connectivity index (χ2v) is 5.26. The van der Waals surface area contributed by atoms with E-state index in [1.165, 1.54) is 6.07 Å². The lowest BCUT2D eigenvalue weighted by molar-refractivity contribution is 0.185. The molecule has 2 atom stereocenters. The molecule has 0 bridgehead atoms. The van der Waals surface area contributed by atoms with Crippen molar-refractivity contribution in [1.29, 1.82) is 0 Å². The molecule has 5 heteroatoms. The van der Waals surface area contributed by atoms with Gasteiger partial charge < -0.3 is 10.1 Å². The summed E-state index contributed by atoms with van der Waals surface area (Å²) in [5.74, 6) is 0.191. The highest BCUT2D eigenvalue weighted by molar-refractivity contribution is 9.10. The number of halogens is 3. The van der Waals surface area contributed by atoms with Gasteiger partial charge in [-0.2, -0.15) is 0 Å². The Morgan fingerprint density at radius 1 is 1.53 bits per heavy atom. The first-order valence-corrected chi connectivity index (χ1v) is 6.84. The maximum Gasteiger partial charge on any atom is 0.150 e. The lowest BCUT2D eigenvalue weighted by Gasteiger charge is -2.18. The van der Waals surface area contributed by atoms with E-state index in [2.05, 4.69) is 21.2 Å². The standard InChI is InChI=1S/C12H14BrClFNO/c1-3-8-11(16-4-2)9-10(15)7(14)5-6(13)12(9)17-8/h5,8,11,16H,3-4H2,1-2H3. The van der Waals surface area contributed by atoms with Crippen LogP contribution in [0.1, 0.15) is 31.9 Å². The third-order valence-corrected chi connectivity index (χ3v) is 3.80. The van der Waals surface area contributed by atoms with Crippen molar-refractivity contribution in [2.45, 2.75) is 32.4 Å². The van der Waals surface area contributed by atoms with E-state index in [-0.39, 0.29) is 23.0 Å².